The molecule has 0 fully saturated rings. The first-order valence-electron chi connectivity index (χ1n) is 5.02. The summed E-state index contributed by atoms with van der Waals surface area (Å²) in [5, 5.41) is 8.94. The summed E-state index contributed by atoms with van der Waals surface area (Å²) in [6.07, 6.45) is 0.494. The summed E-state index contributed by atoms with van der Waals surface area (Å²) < 4.78 is 18.3. The van der Waals surface area contributed by atoms with Crippen molar-refractivity contribution in [3.8, 4) is 0 Å². The fourth-order valence-electron chi connectivity index (χ4n) is 1.35. The van der Waals surface area contributed by atoms with E-state index in [9.17, 15) is 14.0 Å². The Labute approximate surface area is 103 Å². The first kappa shape index (κ1) is 13.7. The minimum absolute atomic E-state index is 0.0416. The van der Waals surface area contributed by atoms with Gasteiger partial charge < -0.3 is 9.84 Å². The molecule has 96 valence electrons. The minimum atomic E-state index is -1.33. The number of halogens is 1. The van der Waals surface area contributed by atoms with Gasteiger partial charge >= 0.3 is 12.1 Å². The van der Waals surface area contributed by atoms with Crippen LogP contribution in [-0.2, 0) is 4.74 Å². The van der Waals surface area contributed by atoms with Crippen LogP contribution in [0, 0.1) is 5.82 Å². The average Bonchev–Trinajstić information content (AvgIpc) is 2.34. The Hall–Kier alpha value is -2.37. The summed E-state index contributed by atoms with van der Waals surface area (Å²) in [6.45, 7) is 3.32. The van der Waals surface area contributed by atoms with Gasteiger partial charge in [-0.15, -0.1) is 0 Å². The molecule has 0 bridgehead atoms. The summed E-state index contributed by atoms with van der Waals surface area (Å²) in [5.41, 5.74) is -0.646. The van der Waals surface area contributed by atoms with Gasteiger partial charge in [0.1, 0.15) is 12.4 Å². The zero-order valence-corrected chi connectivity index (χ0v) is 9.72. The van der Waals surface area contributed by atoms with Crippen molar-refractivity contribution < 1.29 is 23.8 Å². The molecule has 0 radical (unpaired) electrons. The summed E-state index contributed by atoms with van der Waals surface area (Å²) in [5.74, 6) is -2.14. The lowest BCUT2D eigenvalue weighted by molar-refractivity contribution is 0.0697. The fourth-order valence-corrected chi connectivity index (χ4v) is 1.35. The van der Waals surface area contributed by atoms with Crippen LogP contribution in [0.25, 0.3) is 0 Å². The number of hydrogen-bond acceptors (Lipinski definition) is 3. The molecule has 1 N–H and O–H groups in total. The van der Waals surface area contributed by atoms with E-state index in [0.717, 1.165) is 11.0 Å². The molecule has 0 saturated heterocycles. The van der Waals surface area contributed by atoms with Crippen LogP contribution < -0.4 is 4.90 Å². The number of benzene rings is 1. The number of carboxylic acid groups (broad SMARTS) is 1. The van der Waals surface area contributed by atoms with E-state index in [-0.39, 0.29) is 17.9 Å². The highest BCUT2D eigenvalue weighted by atomic mass is 19.1. The molecule has 1 aromatic carbocycles. The van der Waals surface area contributed by atoms with E-state index >= 15 is 0 Å². The van der Waals surface area contributed by atoms with Crippen molar-refractivity contribution >= 4 is 17.7 Å². The summed E-state index contributed by atoms with van der Waals surface area (Å²) in [6, 6.07) is 3.53. The largest absolute Gasteiger partial charge is 0.478 e. The highest BCUT2D eigenvalue weighted by molar-refractivity contribution is 5.99. The van der Waals surface area contributed by atoms with Gasteiger partial charge in [0.05, 0.1) is 11.3 Å². The number of carbonyl (C=O) groups excluding carboxylic acids is 1. The van der Waals surface area contributed by atoms with Gasteiger partial charge in [-0.25, -0.2) is 14.0 Å². The Bertz CT molecular complexity index is 487. The van der Waals surface area contributed by atoms with Crippen molar-refractivity contribution in [3.63, 3.8) is 0 Å². The molecule has 1 aromatic rings. The maximum atomic E-state index is 13.6. The van der Waals surface area contributed by atoms with Crippen LogP contribution in [0.5, 0.6) is 0 Å². The average molecular weight is 253 g/mol. The number of para-hydroxylation sites is 1. The van der Waals surface area contributed by atoms with Crippen molar-refractivity contribution in [3.05, 3.63) is 42.2 Å². The predicted octanol–water partition coefficient (Wildman–Crippen LogP) is 2.28. The Morgan fingerprint density at radius 3 is 2.78 bits per heavy atom. The maximum Gasteiger partial charge on any atom is 0.414 e. The Morgan fingerprint density at radius 1 is 1.56 bits per heavy atom. The van der Waals surface area contributed by atoms with E-state index in [1.165, 1.54) is 25.3 Å². The first-order chi connectivity index (χ1) is 8.49. The minimum Gasteiger partial charge on any atom is -0.478 e. The summed E-state index contributed by atoms with van der Waals surface area (Å²) >= 11 is 0. The van der Waals surface area contributed by atoms with E-state index in [4.69, 9.17) is 9.84 Å². The van der Waals surface area contributed by atoms with Gasteiger partial charge in [0, 0.05) is 7.05 Å². The third-order valence-corrected chi connectivity index (χ3v) is 2.15. The molecule has 0 aliphatic carbocycles. The van der Waals surface area contributed by atoms with Gasteiger partial charge in [-0.1, -0.05) is 18.7 Å². The van der Waals surface area contributed by atoms with Crippen LogP contribution in [0.1, 0.15) is 10.4 Å². The SMILES string of the molecule is C=CCOC(=O)N(C)c1c(F)cccc1C(=O)O. The lowest BCUT2D eigenvalue weighted by Crippen LogP contribution is -2.29. The molecule has 0 spiro atoms. The van der Waals surface area contributed by atoms with Gasteiger partial charge in [-0.05, 0) is 12.1 Å². The highest BCUT2D eigenvalue weighted by Gasteiger charge is 2.22. The lowest BCUT2D eigenvalue weighted by Gasteiger charge is -2.19. The fraction of sp³-hybridized carbons (Fsp3) is 0.167. The van der Waals surface area contributed by atoms with Crippen LogP contribution >= 0.6 is 0 Å². The second-order valence-electron chi connectivity index (χ2n) is 3.37. The molecular weight excluding hydrogens is 241 g/mol. The Morgan fingerprint density at radius 2 is 2.22 bits per heavy atom. The van der Waals surface area contributed by atoms with E-state index in [0.29, 0.717) is 0 Å². The van der Waals surface area contributed by atoms with Crippen LogP contribution in [0.3, 0.4) is 0 Å². The molecule has 18 heavy (non-hydrogen) atoms. The summed E-state index contributed by atoms with van der Waals surface area (Å²) in [4.78, 5) is 23.3. The number of ether oxygens (including phenoxy) is 1. The first-order valence-corrected chi connectivity index (χ1v) is 5.02. The van der Waals surface area contributed by atoms with Crippen molar-refractivity contribution in [2.24, 2.45) is 0 Å². The number of rotatable bonds is 4. The summed E-state index contributed by atoms with van der Waals surface area (Å²) in [7, 11) is 1.23. The van der Waals surface area contributed by atoms with Gasteiger partial charge in [-0.2, -0.15) is 0 Å². The molecule has 6 heteroatoms. The van der Waals surface area contributed by atoms with Crippen molar-refractivity contribution in [1.82, 2.24) is 0 Å². The number of anilines is 1. The number of nitrogens with zero attached hydrogens (tertiary/aromatic N) is 1. The van der Waals surface area contributed by atoms with Gasteiger partial charge in [0.2, 0.25) is 0 Å². The molecule has 0 saturated carbocycles. The molecule has 0 aliphatic rings. The van der Waals surface area contributed by atoms with Gasteiger partial charge in [0.15, 0.2) is 0 Å². The monoisotopic (exact) mass is 253 g/mol. The molecule has 0 unspecified atom stereocenters. The quantitative estimate of drug-likeness (QED) is 0.836. The predicted molar refractivity (Wildman–Crippen MR) is 63.3 cm³/mol. The Balaban J connectivity index is 3.11. The molecule has 1 rings (SSSR count). The smallest absolute Gasteiger partial charge is 0.414 e. The molecule has 0 heterocycles. The molecule has 0 aliphatic heterocycles. The molecule has 0 atom stereocenters. The standard InChI is InChI=1S/C12H12FNO4/c1-3-7-18-12(17)14(2)10-8(11(15)16)5-4-6-9(10)13/h3-6H,1,7H2,2H3,(H,15,16). The normalized spacial score (nSPS) is 9.67. The van der Waals surface area contributed by atoms with E-state index in [1.54, 1.807) is 0 Å². The third-order valence-electron chi connectivity index (χ3n) is 2.15. The second kappa shape index (κ2) is 5.81. The van der Waals surface area contributed by atoms with Crippen molar-refractivity contribution in [1.29, 1.82) is 0 Å². The van der Waals surface area contributed by atoms with Crippen molar-refractivity contribution in [2.75, 3.05) is 18.6 Å². The number of aromatic carboxylic acids is 1. The van der Waals surface area contributed by atoms with Crippen LogP contribution in [-0.4, -0.2) is 30.8 Å². The number of carbonyl (C=O) groups is 2. The van der Waals surface area contributed by atoms with Gasteiger partial charge in [-0.3, -0.25) is 4.90 Å². The highest BCUT2D eigenvalue weighted by Crippen LogP contribution is 2.24. The third kappa shape index (κ3) is 2.85. The molecule has 0 aromatic heterocycles. The molecular formula is C12H12FNO4. The van der Waals surface area contributed by atoms with Gasteiger partial charge in [0.25, 0.3) is 0 Å². The molecule has 1 amide bonds. The van der Waals surface area contributed by atoms with E-state index in [2.05, 4.69) is 6.58 Å². The molecule has 5 nitrogen and oxygen atoms in total. The zero-order valence-electron chi connectivity index (χ0n) is 9.72. The lowest BCUT2D eigenvalue weighted by atomic mass is 10.1. The van der Waals surface area contributed by atoms with E-state index in [1.807, 2.05) is 0 Å². The van der Waals surface area contributed by atoms with E-state index < -0.39 is 17.9 Å². The van der Waals surface area contributed by atoms with Crippen LogP contribution in [0.15, 0.2) is 30.9 Å². The topological polar surface area (TPSA) is 66.8 Å². The Kier molecular flexibility index (Phi) is 4.42. The maximum absolute atomic E-state index is 13.6. The van der Waals surface area contributed by atoms with Crippen LogP contribution in [0.4, 0.5) is 14.9 Å². The second-order valence-corrected chi connectivity index (χ2v) is 3.37. The number of amides is 1. The van der Waals surface area contributed by atoms with Crippen LogP contribution in [0.2, 0.25) is 0 Å². The number of hydrogen-bond donors (Lipinski definition) is 1. The zero-order chi connectivity index (χ0) is 13.7. The van der Waals surface area contributed by atoms with Crippen molar-refractivity contribution in [2.45, 2.75) is 0 Å². The number of carboxylic acids is 1.